The number of nitrogens with zero attached hydrogens (tertiary/aromatic N) is 3. The van der Waals surface area contributed by atoms with Gasteiger partial charge in [-0.3, -0.25) is 0 Å². The zero-order valence-electron chi connectivity index (χ0n) is 9.71. The molecule has 0 aliphatic carbocycles. The number of nitrogens with one attached hydrogen (secondary N) is 1. The van der Waals surface area contributed by atoms with Gasteiger partial charge < -0.3 is 10.1 Å². The topological polar surface area (TPSA) is 70.8 Å². The van der Waals surface area contributed by atoms with Gasteiger partial charge in [0.15, 0.2) is 0 Å². The molecule has 5 nitrogen and oxygen atoms in total. The predicted octanol–water partition coefficient (Wildman–Crippen LogP) is 1.84. The highest BCUT2D eigenvalue weighted by Gasteiger charge is 1.97. The molecule has 90 valence electrons. The molecular formula is C13H12N4O. The van der Waals surface area contributed by atoms with Crippen LogP contribution >= 0.6 is 0 Å². The zero-order valence-corrected chi connectivity index (χ0v) is 9.71. The van der Waals surface area contributed by atoms with Crippen molar-refractivity contribution in [3.05, 3.63) is 48.3 Å². The Morgan fingerprint density at radius 3 is 2.83 bits per heavy atom. The third-order valence-corrected chi connectivity index (χ3v) is 2.17. The van der Waals surface area contributed by atoms with E-state index >= 15 is 0 Å². The number of benzene rings is 1. The molecule has 1 N–H and O–H groups in total. The van der Waals surface area contributed by atoms with Crippen LogP contribution in [0.3, 0.4) is 0 Å². The number of hydrogen-bond donors (Lipinski definition) is 1. The maximum Gasteiger partial charge on any atom is 0.224 e. The first-order chi connectivity index (χ1) is 8.88. The second-order valence-corrected chi connectivity index (χ2v) is 3.47. The summed E-state index contributed by atoms with van der Waals surface area (Å²) in [6.07, 6.45) is 1.55. The third-order valence-electron chi connectivity index (χ3n) is 2.17. The van der Waals surface area contributed by atoms with Gasteiger partial charge in [-0.25, -0.2) is 9.97 Å². The summed E-state index contributed by atoms with van der Waals surface area (Å²) >= 11 is 0. The Bertz CT molecular complexity index is 536. The molecule has 0 spiro atoms. The van der Waals surface area contributed by atoms with Gasteiger partial charge in [0.05, 0.1) is 6.54 Å². The Labute approximate surface area is 105 Å². The average molecular weight is 240 g/mol. The number of aromatic nitrogens is 2. The summed E-state index contributed by atoms with van der Waals surface area (Å²) in [6, 6.07) is 13.1. The van der Waals surface area contributed by atoms with E-state index in [2.05, 4.69) is 15.3 Å². The van der Waals surface area contributed by atoms with Crippen LogP contribution in [0.25, 0.3) is 0 Å². The van der Waals surface area contributed by atoms with Crippen LogP contribution in [0.15, 0.2) is 42.6 Å². The van der Waals surface area contributed by atoms with E-state index in [4.69, 9.17) is 10.00 Å². The molecular weight excluding hydrogens is 228 g/mol. The lowest BCUT2D eigenvalue weighted by molar-refractivity contribution is 0.332. The van der Waals surface area contributed by atoms with Crippen molar-refractivity contribution >= 4 is 5.95 Å². The van der Waals surface area contributed by atoms with Gasteiger partial charge in [-0.1, -0.05) is 18.2 Å². The lowest BCUT2D eigenvalue weighted by atomic mass is 10.3. The van der Waals surface area contributed by atoms with Gasteiger partial charge >= 0.3 is 0 Å². The largest absolute Gasteiger partial charge is 0.492 e. The Kier molecular flexibility index (Phi) is 4.09. The van der Waals surface area contributed by atoms with Gasteiger partial charge in [-0.2, -0.15) is 5.26 Å². The number of para-hydroxylation sites is 1. The lowest BCUT2D eigenvalue weighted by Crippen LogP contribution is -2.13. The van der Waals surface area contributed by atoms with Crippen LogP contribution in [0.1, 0.15) is 5.69 Å². The summed E-state index contributed by atoms with van der Waals surface area (Å²) in [4.78, 5) is 8.00. The molecule has 0 saturated heterocycles. The van der Waals surface area contributed by atoms with Crippen molar-refractivity contribution in [2.75, 3.05) is 18.5 Å². The van der Waals surface area contributed by atoms with E-state index in [1.54, 1.807) is 12.3 Å². The fourth-order valence-corrected chi connectivity index (χ4v) is 1.35. The van der Waals surface area contributed by atoms with Crippen molar-refractivity contribution in [1.82, 2.24) is 9.97 Å². The number of nitriles is 1. The van der Waals surface area contributed by atoms with E-state index in [1.165, 1.54) is 0 Å². The molecule has 1 heterocycles. The summed E-state index contributed by atoms with van der Waals surface area (Å²) in [7, 11) is 0. The average Bonchev–Trinajstić information content (AvgIpc) is 2.45. The molecule has 0 fully saturated rings. The molecule has 1 aromatic heterocycles. The van der Waals surface area contributed by atoms with Crippen molar-refractivity contribution in [3.63, 3.8) is 0 Å². The highest BCUT2D eigenvalue weighted by atomic mass is 16.5. The quantitative estimate of drug-likeness (QED) is 0.807. The minimum absolute atomic E-state index is 0.344. The van der Waals surface area contributed by atoms with Crippen molar-refractivity contribution in [2.45, 2.75) is 0 Å². The van der Waals surface area contributed by atoms with Gasteiger partial charge in [0.2, 0.25) is 5.95 Å². The maximum absolute atomic E-state index is 8.69. The standard InChI is InChI=1S/C13H12N4O/c14-10-11-6-7-15-13(17-11)16-8-9-18-12-4-2-1-3-5-12/h1-7H,8-9H2,(H,15,16,17). The van der Waals surface area contributed by atoms with Crippen LogP contribution in [-0.2, 0) is 0 Å². The van der Waals surface area contributed by atoms with Crippen molar-refractivity contribution in [1.29, 1.82) is 5.26 Å². The second-order valence-electron chi connectivity index (χ2n) is 3.47. The molecule has 0 unspecified atom stereocenters. The van der Waals surface area contributed by atoms with Crippen LogP contribution in [0.4, 0.5) is 5.95 Å². The molecule has 0 bridgehead atoms. The first-order valence-corrected chi connectivity index (χ1v) is 5.53. The molecule has 0 amide bonds. The lowest BCUT2D eigenvalue weighted by Gasteiger charge is -2.07. The van der Waals surface area contributed by atoms with E-state index in [9.17, 15) is 0 Å². The van der Waals surface area contributed by atoms with E-state index in [0.717, 1.165) is 5.75 Å². The summed E-state index contributed by atoms with van der Waals surface area (Å²) in [5.74, 6) is 1.26. The smallest absolute Gasteiger partial charge is 0.224 e. The molecule has 0 aliphatic rings. The molecule has 1 aromatic carbocycles. The Balaban J connectivity index is 1.77. The van der Waals surface area contributed by atoms with Crippen LogP contribution in [0, 0.1) is 11.3 Å². The monoisotopic (exact) mass is 240 g/mol. The number of anilines is 1. The molecule has 0 radical (unpaired) electrons. The molecule has 0 atom stereocenters. The van der Waals surface area contributed by atoms with Gasteiger partial charge in [-0.15, -0.1) is 0 Å². The second kappa shape index (κ2) is 6.21. The van der Waals surface area contributed by atoms with E-state index in [-0.39, 0.29) is 0 Å². The fraction of sp³-hybridized carbons (Fsp3) is 0.154. The third kappa shape index (κ3) is 3.46. The van der Waals surface area contributed by atoms with Crippen LogP contribution in [0.2, 0.25) is 0 Å². The molecule has 0 aliphatic heterocycles. The molecule has 2 aromatic rings. The SMILES string of the molecule is N#Cc1ccnc(NCCOc2ccccc2)n1. The van der Waals surface area contributed by atoms with Gasteiger partial charge in [0.1, 0.15) is 24.1 Å². The minimum atomic E-state index is 0.344. The molecule has 5 heteroatoms. The van der Waals surface area contributed by atoms with E-state index in [1.807, 2.05) is 36.4 Å². The zero-order chi connectivity index (χ0) is 12.6. The predicted molar refractivity (Wildman–Crippen MR) is 67.2 cm³/mol. The van der Waals surface area contributed by atoms with Crippen molar-refractivity contribution in [2.24, 2.45) is 0 Å². The summed E-state index contributed by atoms with van der Waals surface area (Å²) in [6.45, 7) is 1.08. The van der Waals surface area contributed by atoms with Crippen LogP contribution in [0.5, 0.6) is 5.75 Å². The van der Waals surface area contributed by atoms with Gasteiger partial charge in [0.25, 0.3) is 0 Å². The minimum Gasteiger partial charge on any atom is -0.492 e. The highest BCUT2D eigenvalue weighted by molar-refractivity contribution is 5.30. The highest BCUT2D eigenvalue weighted by Crippen LogP contribution is 2.07. The normalized spacial score (nSPS) is 9.50. The number of hydrogen-bond acceptors (Lipinski definition) is 5. The van der Waals surface area contributed by atoms with Crippen molar-refractivity contribution in [3.8, 4) is 11.8 Å². The van der Waals surface area contributed by atoms with Gasteiger partial charge in [0, 0.05) is 6.20 Å². The summed E-state index contributed by atoms with van der Waals surface area (Å²) in [5, 5.41) is 11.7. The van der Waals surface area contributed by atoms with Gasteiger partial charge in [-0.05, 0) is 18.2 Å². The first-order valence-electron chi connectivity index (χ1n) is 5.53. The molecule has 2 rings (SSSR count). The van der Waals surface area contributed by atoms with E-state index in [0.29, 0.717) is 24.8 Å². The fourth-order valence-electron chi connectivity index (χ4n) is 1.35. The Hall–Kier alpha value is -2.61. The van der Waals surface area contributed by atoms with Crippen LogP contribution in [-0.4, -0.2) is 23.1 Å². The molecule has 18 heavy (non-hydrogen) atoms. The number of ether oxygens (including phenoxy) is 1. The Morgan fingerprint density at radius 2 is 2.06 bits per heavy atom. The Morgan fingerprint density at radius 1 is 1.22 bits per heavy atom. The molecule has 0 saturated carbocycles. The summed E-state index contributed by atoms with van der Waals surface area (Å²) in [5.41, 5.74) is 0.344. The number of rotatable bonds is 5. The first kappa shape index (κ1) is 11.9. The van der Waals surface area contributed by atoms with E-state index < -0.39 is 0 Å². The maximum atomic E-state index is 8.69. The van der Waals surface area contributed by atoms with Crippen LogP contribution < -0.4 is 10.1 Å². The summed E-state index contributed by atoms with van der Waals surface area (Å²) < 4.78 is 5.50. The van der Waals surface area contributed by atoms with Crippen molar-refractivity contribution < 1.29 is 4.74 Å².